The maximum atomic E-state index is 11.4. The van der Waals surface area contributed by atoms with Crippen LogP contribution in [0.2, 0.25) is 0 Å². The van der Waals surface area contributed by atoms with Gasteiger partial charge in [-0.05, 0) is 30.6 Å². The van der Waals surface area contributed by atoms with Crippen molar-refractivity contribution >= 4 is 5.97 Å². The lowest BCUT2D eigenvalue weighted by molar-refractivity contribution is -0.160. The number of methoxy groups -OCH3 is 1. The quantitative estimate of drug-likeness (QED) is 0.694. The highest BCUT2D eigenvalue weighted by Crippen LogP contribution is 2.35. The van der Waals surface area contributed by atoms with Crippen LogP contribution in [0.1, 0.15) is 40.0 Å². The molecule has 0 aromatic rings. The number of esters is 1. The van der Waals surface area contributed by atoms with Crippen LogP contribution in [-0.4, -0.2) is 25.8 Å². The number of carbonyl (C=O) groups is 1. The zero-order chi connectivity index (χ0) is 12.1. The van der Waals surface area contributed by atoms with Crippen molar-refractivity contribution in [3.05, 3.63) is 0 Å². The van der Waals surface area contributed by atoms with E-state index in [1.165, 1.54) is 20.0 Å². The summed E-state index contributed by atoms with van der Waals surface area (Å²) in [5.41, 5.74) is 0. The first-order valence-corrected chi connectivity index (χ1v) is 6.23. The van der Waals surface area contributed by atoms with Crippen molar-refractivity contribution < 1.29 is 14.3 Å². The first-order valence-electron chi connectivity index (χ1n) is 6.23. The summed E-state index contributed by atoms with van der Waals surface area (Å²) in [7, 11) is 1.52. The fraction of sp³-hybridized carbons (Fsp3) is 0.923. The Labute approximate surface area is 98.5 Å². The third kappa shape index (κ3) is 3.78. The summed E-state index contributed by atoms with van der Waals surface area (Å²) in [5.74, 6) is 1.52. The SMILES string of the molecule is COCC(=O)O[C@H]1C[C@H](C)CCC1C(C)C. The van der Waals surface area contributed by atoms with Crippen molar-refractivity contribution in [3.63, 3.8) is 0 Å². The summed E-state index contributed by atoms with van der Waals surface area (Å²) < 4.78 is 10.3. The van der Waals surface area contributed by atoms with Gasteiger partial charge in [-0.15, -0.1) is 0 Å². The Morgan fingerprint density at radius 1 is 1.38 bits per heavy atom. The predicted octanol–water partition coefficient (Wildman–Crippen LogP) is 2.64. The second kappa shape index (κ2) is 6.24. The standard InChI is InChI=1S/C13H24O3/c1-9(2)11-6-5-10(3)7-12(11)16-13(14)8-15-4/h9-12H,5-8H2,1-4H3/t10-,11?,12+/m1/s1. The molecule has 3 nitrogen and oxygen atoms in total. The zero-order valence-electron chi connectivity index (χ0n) is 10.9. The molecule has 3 atom stereocenters. The van der Waals surface area contributed by atoms with E-state index in [1.54, 1.807) is 0 Å². The molecule has 0 aliphatic heterocycles. The third-order valence-corrected chi connectivity index (χ3v) is 3.51. The Balaban J connectivity index is 2.54. The molecule has 0 N–H and O–H groups in total. The molecule has 0 aromatic carbocycles. The van der Waals surface area contributed by atoms with E-state index < -0.39 is 0 Å². The molecule has 94 valence electrons. The average Bonchev–Trinajstić information content (AvgIpc) is 2.17. The van der Waals surface area contributed by atoms with Crippen LogP contribution < -0.4 is 0 Å². The number of rotatable bonds is 4. The predicted molar refractivity (Wildman–Crippen MR) is 63.1 cm³/mol. The van der Waals surface area contributed by atoms with E-state index >= 15 is 0 Å². The van der Waals surface area contributed by atoms with Gasteiger partial charge in [0.25, 0.3) is 0 Å². The van der Waals surface area contributed by atoms with Crippen molar-refractivity contribution in [3.8, 4) is 0 Å². The maximum absolute atomic E-state index is 11.4. The van der Waals surface area contributed by atoms with Crippen molar-refractivity contribution in [2.45, 2.75) is 46.1 Å². The van der Waals surface area contributed by atoms with Gasteiger partial charge in [0.05, 0.1) is 0 Å². The maximum Gasteiger partial charge on any atom is 0.332 e. The second-order valence-electron chi connectivity index (χ2n) is 5.29. The fourth-order valence-corrected chi connectivity index (χ4v) is 2.57. The highest BCUT2D eigenvalue weighted by Gasteiger charge is 2.33. The van der Waals surface area contributed by atoms with Gasteiger partial charge in [-0.3, -0.25) is 0 Å². The van der Waals surface area contributed by atoms with Gasteiger partial charge in [-0.2, -0.15) is 0 Å². The van der Waals surface area contributed by atoms with Gasteiger partial charge in [0.1, 0.15) is 12.7 Å². The summed E-state index contributed by atoms with van der Waals surface area (Å²) in [4.78, 5) is 11.4. The molecule has 1 saturated carbocycles. The minimum Gasteiger partial charge on any atom is -0.460 e. The average molecular weight is 228 g/mol. The molecule has 1 aliphatic carbocycles. The smallest absolute Gasteiger partial charge is 0.332 e. The molecule has 1 unspecified atom stereocenters. The molecule has 0 saturated heterocycles. The monoisotopic (exact) mass is 228 g/mol. The van der Waals surface area contributed by atoms with Gasteiger partial charge >= 0.3 is 5.97 Å². The Morgan fingerprint density at radius 3 is 2.62 bits per heavy atom. The molecule has 1 aliphatic rings. The van der Waals surface area contributed by atoms with Gasteiger partial charge < -0.3 is 9.47 Å². The van der Waals surface area contributed by atoms with Crippen LogP contribution in [0.25, 0.3) is 0 Å². The second-order valence-corrected chi connectivity index (χ2v) is 5.29. The first kappa shape index (κ1) is 13.5. The minimum absolute atomic E-state index is 0.0652. The van der Waals surface area contributed by atoms with Gasteiger partial charge in [-0.25, -0.2) is 4.79 Å². The minimum atomic E-state index is -0.229. The highest BCUT2D eigenvalue weighted by molar-refractivity contribution is 5.70. The molecule has 1 rings (SSSR count). The van der Waals surface area contributed by atoms with E-state index in [1.807, 2.05) is 0 Å². The van der Waals surface area contributed by atoms with Crippen LogP contribution in [0.15, 0.2) is 0 Å². The Morgan fingerprint density at radius 2 is 2.06 bits per heavy atom. The molecule has 0 aromatic heterocycles. The first-order chi connectivity index (χ1) is 7.54. The van der Waals surface area contributed by atoms with Crippen molar-refractivity contribution in [2.24, 2.45) is 17.8 Å². The molecule has 3 heteroatoms. The van der Waals surface area contributed by atoms with Crippen LogP contribution in [0.4, 0.5) is 0 Å². The molecule has 0 radical (unpaired) electrons. The van der Waals surface area contributed by atoms with Crippen molar-refractivity contribution in [1.82, 2.24) is 0 Å². The summed E-state index contributed by atoms with van der Waals surface area (Å²) in [6.07, 6.45) is 3.51. The number of carbonyl (C=O) groups excluding carboxylic acids is 1. The van der Waals surface area contributed by atoms with E-state index in [0.717, 1.165) is 6.42 Å². The Bertz CT molecular complexity index is 225. The topological polar surface area (TPSA) is 35.5 Å². The molecule has 0 spiro atoms. The summed E-state index contributed by atoms with van der Waals surface area (Å²) >= 11 is 0. The van der Waals surface area contributed by atoms with Crippen LogP contribution in [0, 0.1) is 17.8 Å². The van der Waals surface area contributed by atoms with E-state index in [0.29, 0.717) is 17.8 Å². The molecular weight excluding hydrogens is 204 g/mol. The molecule has 0 amide bonds. The van der Waals surface area contributed by atoms with Crippen molar-refractivity contribution in [1.29, 1.82) is 0 Å². The van der Waals surface area contributed by atoms with Crippen molar-refractivity contribution in [2.75, 3.05) is 13.7 Å². The fourth-order valence-electron chi connectivity index (χ4n) is 2.57. The lowest BCUT2D eigenvalue weighted by Crippen LogP contribution is -2.36. The van der Waals surface area contributed by atoms with Crippen LogP contribution in [-0.2, 0) is 14.3 Å². The number of ether oxygens (including phenoxy) is 2. The van der Waals surface area contributed by atoms with Crippen LogP contribution >= 0.6 is 0 Å². The molecule has 0 heterocycles. The summed E-state index contributed by atoms with van der Waals surface area (Å²) in [5, 5.41) is 0. The Hall–Kier alpha value is -0.570. The van der Waals surface area contributed by atoms with Gasteiger partial charge in [0.15, 0.2) is 0 Å². The zero-order valence-corrected chi connectivity index (χ0v) is 10.9. The highest BCUT2D eigenvalue weighted by atomic mass is 16.6. The van der Waals surface area contributed by atoms with E-state index in [9.17, 15) is 4.79 Å². The summed E-state index contributed by atoms with van der Waals surface area (Å²) in [6.45, 7) is 6.71. The van der Waals surface area contributed by atoms with Gasteiger partial charge in [0, 0.05) is 7.11 Å². The van der Waals surface area contributed by atoms with E-state index in [2.05, 4.69) is 20.8 Å². The van der Waals surface area contributed by atoms with Gasteiger partial charge in [-0.1, -0.05) is 27.2 Å². The molecule has 0 bridgehead atoms. The number of hydrogen-bond donors (Lipinski definition) is 0. The van der Waals surface area contributed by atoms with Gasteiger partial charge in [0.2, 0.25) is 0 Å². The Kier molecular flexibility index (Phi) is 5.26. The normalized spacial score (nSPS) is 30.4. The van der Waals surface area contributed by atoms with Crippen LogP contribution in [0.3, 0.4) is 0 Å². The lowest BCUT2D eigenvalue weighted by Gasteiger charge is -2.36. The van der Waals surface area contributed by atoms with E-state index in [-0.39, 0.29) is 18.7 Å². The molecular formula is C13H24O3. The third-order valence-electron chi connectivity index (χ3n) is 3.51. The van der Waals surface area contributed by atoms with Crippen LogP contribution in [0.5, 0.6) is 0 Å². The van der Waals surface area contributed by atoms with E-state index in [4.69, 9.17) is 9.47 Å². The lowest BCUT2D eigenvalue weighted by atomic mass is 9.75. The largest absolute Gasteiger partial charge is 0.460 e. The molecule has 1 fully saturated rings. The summed E-state index contributed by atoms with van der Waals surface area (Å²) in [6, 6.07) is 0. The number of hydrogen-bond acceptors (Lipinski definition) is 3. The molecule has 16 heavy (non-hydrogen) atoms.